The first-order valence-electron chi connectivity index (χ1n) is 10.5. The Kier molecular flexibility index (Phi) is 4.93. The molecule has 0 radical (unpaired) electrons. The van der Waals surface area contributed by atoms with E-state index in [1.807, 2.05) is 30.3 Å². The van der Waals surface area contributed by atoms with E-state index < -0.39 is 18.0 Å². The molecule has 0 spiro atoms. The van der Waals surface area contributed by atoms with Crippen molar-refractivity contribution in [2.24, 2.45) is 0 Å². The molecule has 2 heterocycles. The minimum absolute atomic E-state index is 0.119. The Morgan fingerprint density at radius 1 is 1.00 bits per heavy atom. The number of amides is 1. The van der Waals surface area contributed by atoms with Crippen molar-refractivity contribution >= 4 is 39.4 Å². The number of para-hydroxylation sites is 1. The molecule has 1 N–H and O–H groups in total. The number of aromatic nitrogens is 1. The quantitative estimate of drug-likeness (QED) is 0.463. The first-order chi connectivity index (χ1) is 15.5. The summed E-state index contributed by atoms with van der Waals surface area (Å²) >= 11 is 0. The highest BCUT2D eigenvalue weighted by molar-refractivity contribution is 6.10. The lowest BCUT2D eigenvalue weighted by Gasteiger charge is -2.14. The van der Waals surface area contributed by atoms with Crippen LogP contribution in [0.4, 0.5) is 5.69 Å². The first-order valence-corrected chi connectivity index (χ1v) is 10.5. The number of aryl methyl sites for hydroxylation is 1. The fraction of sp³-hybridized carbons (Fsp3) is 0.200. The largest absolute Gasteiger partial charge is 0.454 e. The number of anilines is 1. The molecule has 1 aromatic heterocycles. The van der Waals surface area contributed by atoms with Gasteiger partial charge in [-0.3, -0.25) is 4.79 Å². The Labute approximate surface area is 184 Å². The second-order valence-corrected chi connectivity index (χ2v) is 7.60. The number of hydrogen-bond acceptors (Lipinski definition) is 5. The van der Waals surface area contributed by atoms with Crippen LogP contribution in [-0.2, 0) is 16.1 Å². The van der Waals surface area contributed by atoms with E-state index in [-0.39, 0.29) is 6.79 Å². The summed E-state index contributed by atoms with van der Waals surface area (Å²) in [6.45, 7) is 4.62. The SMILES string of the molecule is CCn1c2ccccc2c2cc(NC(=O)C(C)OC(=O)c3ccc4c(c3)OCO4)ccc21. The van der Waals surface area contributed by atoms with Crippen LogP contribution >= 0.6 is 0 Å². The number of carbonyl (C=O) groups is 2. The zero-order chi connectivity index (χ0) is 22.2. The minimum atomic E-state index is -0.972. The van der Waals surface area contributed by atoms with Crippen molar-refractivity contribution < 1.29 is 23.8 Å². The van der Waals surface area contributed by atoms with Crippen molar-refractivity contribution in [1.29, 1.82) is 0 Å². The highest BCUT2D eigenvalue weighted by atomic mass is 16.7. The van der Waals surface area contributed by atoms with Crippen molar-refractivity contribution in [2.75, 3.05) is 12.1 Å². The Bertz CT molecular complexity index is 1360. The maximum Gasteiger partial charge on any atom is 0.339 e. The second-order valence-electron chi connectivity index (χ2n) is 7.60. The molecule has 7 nitrogen and oxygen atoms in total. The third kappa shape index (κ3) is 3.41. The van der Waals surface area contributed by atoms with Gasteiger partial charge in [0.1, 0.15) is 0 Å². The summed E-state index contributed by atoms with van der Waals surface area (Å²) in [6, 6.07) is 18.8. The van der Waals surface area contributed by atoms with Crippen molar-refractivity contribution in [3.05, 3.63) is 66.2 Å². The lowest BCUT2D eigenvalue weighted by atomic mass is 10.1. The summed E-state index contributed by atoms with van der Waals surface area (Å²) in [4.78, 5) is 25.2. The molecule has 4 aromatic rings. The summed E-state index contributed by atoms with van der Waals surface area (Å²) in [5.74, 6) is 0.0494. The van der Waals surface area contributed by atoms with E-state index in [1.54, 1.807) is 25.1 Å². The van der Waals surface area contributed by atoms with Crippen LogP contribution in [0.15, 0.2) is 60.7 Å². The number of ether oxygens (including phenoxy) is 3. The third-order valence-corrected chi connectivity index (χ3v) is 5.62. The normalized spacial score (nSPS) is 13.3. The van der Waals surface area contributed by atoms with Gasteiger partial charge in [0.05, 0.1) is 5.56 Å². The lowest BCUT2D eigenvalue weighted by molar-refractivity contribution is -0.123. The van der Waals surface area contributed by atoms with Crippen LogP contribution in [0, 0.1) is 0 Å². The van der Waals surface area contributed by atoms with Gasteiger partial charge < -0.3 is 24.1 Å². The Morgan fingerprint density at radius 3 is 2.62 bits per heavy atom. The number of hydrogen-bond donors (Lipinski definition) is 1. The van der Waals surface area contributed by atoms with E-state index in [9.17, 15) is 9.59 Å². The summed E-state index contributed by atoms with van der Waals surface area (Å²) in [5, 5.41) is 5.04. The molecule has 5 rings (SSSR count). The summed E-state index contributed by atoms with van der Waals surface area (Å²) in [5.41, 5.74) is 3.20. The smallest absolute Gasteiger partial charge is 0.339 e. The van der Waals surface area contributed by atoms with E-state index in [0.717, 1.165) is 28.4 Å². The molecule has 3 aromatic carbocycles. The monoisotopic (exact) mass is 430 g/mol. The predicted molar refractivity (Wildman–Crippen MR) is 121 cm³/mol. The van der Waals surface area contributed by atoms with Crippen LogP contribution < -0.4 is 14.8 Å². The predicted octanol–water partition coefficient (Wildman–Crippen LogP) is 4.73. The average Bonchev–Trinajstić information content (AvgIpc) is 3.40. The lowest BCUT2D eigenvalue weighted by Crippen LogP contribution is -2.30. The summed E-state index contributed by atoms with van der Waals surface area (Å²) in [7, 11) is 0. The molecule has 32 heavy (non-hydrogen) atoms. The minimum Gasteiger partial charge on any atom is -0.454 e. The van der Waals surface area contributed by atoms with Gasteiger partial charge in [-0.25, -0.2) is 4.79 Å². The third-order valence-electron chi connectivity index (χ3n) is 5.62. The topological polar surface area (TPSA) is 78.8 Å². The van der Waals surface area contributed by atoms with Crippen molar-refractivity contribution in [3.63, 3.8) is 0 Å². The number of carbonyl (C=O) groups excluding carboxylic acids is 2. The number of benzene rings is 3. The number of esters is 1. The van der Waals surface area contributed by atoms with E-state index in [4.69, 9.17) is 14.2 Å². The zero-order valence-electron chi connectivity index (χ0n) is 17.8. The van der Waals surface area contributed by atoms with Crippen LogP contribution in [0.5, 0.6) is 11.5 Å². The molecule has 1 atom stereocenters. The van der Waals surface area contributed by atoms with Gasteiger partial charge in [-0.2, -0.15) is 0 Å². The molecule has 1 unspecified atom stereocenters. The van der Waals surface area contributed by atoms with Gasteiger partial charge >= 0.3 is 5.97 Å². The molecule has 1 aliphatic rings. The molecule has 0 saturated carbocycles. The molecular formula is C25H22N2O5. The second kappa shape index (κ2) is 7.92. The molecule has 1 amide bonds. The highest BCUT2D eigenvalue weighted by Gasteiger charge is 2.22. The van der Waals surface area contributed by atoms with Gasteiger partial charge in [0.25, 0.3) is 5.91 Å². The van der Waals surface area contributed by atoms with Crippen molar-refractivity contribution in [1.82, 2.24) is 4.57 Å². The zero-order valence-corrected chi connectivity index (χ0v) is 17.8. The van der Waals surface area contributed by atoms with Crippen LogP contribution in [0.1, 0.15) is 24.2 Å². The standard InChI is InChI=1S/C25H22N2O5/c1-3-27-20-7-5-4-6-18(20)19-13-17(9-10-21(19)27)26-24(28)15(2)32-25(29)16-8-11-22-23(12-16)31-14-30-22/h4-13,15H,3,14H2,1-2H3,(H,26,28). The first kappa shape index (κ1) is 19.9. The van der Waals surface area contributed by atoms with Crippen LogP contribution in [0.3, 0.4) is 0 Å². The molecule has 1 aliphatic heterocycles. The number of rotatable bonds is 5. The average molecular weight is 430 g/mol. The summed E-state index contributed by atoms with van der Waals surface area (Å²) < 4.78 is 18.1. The van der Waals surface area contributed by atoms with Gasteiger partial charge in [0.15, 0.2) is 17.6 Å². The van der Waals surface area contributed by atoms with Crippen molar-refractivity contribution in [2.45, 2.75) is 26.5 Å². The Morgan fingerprint density at radius 2 is 1.78 bits per heavy atom. The van der Waals surface area contributed by atoms with E-state index >= 15 is 0 Å². The summed E-state index contributed by atoms with van der Waals surface area (Å²) in [6.07, 6.45) is -0.972. The number of fused-ring (bicyclic) bond motifs is 4. The maximum absolute atomic E-state index is 12.7. The van der Waals surface area contributed by atoms with Crippen LogP contribution in [-0.4, -0.2) is 29.3 Å². The van der Waals surface area contributed by atoms with Crippen molar-refractivity contribution in [3.8, 4) is 11.5 Å². The Hall–Kier alpha value is -4.00. The number of nitrogens with one attached hydrogen (secondary N) is 1. The molecular weight excluding hydrogens is 408 g/mol. The maximum atomic E-state index is 12.7. The van der Waals surface area contributed by atoms with Crippen LogP contribution in [0.25, 0.3) is 21.8 Å². The molecule has 0 saturated heterocycles. The molecule has 0 bridgehead atoms. The van der Waals surface area contributed by atoms with Gasteiger partial charge in [0, 0.05) is 34.0 Å². The molecule has 0 fully saturated rings. The molecule has 0 aliphatic carbocycles. The van der Waals surface area contributed by atoms with Gasteiger partial charge in [0.2, 0.25) is 6.79 Å². The van der Waals surface area contributed by atoms with E-state index in [1.165, 1.54) is 0 Å². The van der Waals surface area contributed by atoms with Gasteiger partial charge in [-0.05, 0) is 56.3 Å². The van der Waals surface area contributed by atoms with Gasteiger partial charge in [-0.1, -0.05) is 18.2 Å². The van der Waals surface area contributed by atoms with E-state index in [2.05, 4.69) is 28.9 Å². The highest BCUT2D eigenvalue weighted by Crippen LogP contribution is 2.33. The number of nitrogens with zero attached hydrogens (tertiary/aromatic N) is 1. The van der Waals surface area contributed by atoms with Crippen LogP contribution in [0.2, 0.25) is 0 Å². The fourth-order valence-electron chi connectivity index (χ4n) is 4.02. The molecule has 7 heteroatoms. The van der Waals surface area contributed by atoms with E-state index in [0.29, 0.717) is 22.7 Å². The Balaban J connectivity index is 1.33. The van der Waals surface area contributed by atoms with Gasteiger partial charge in [-0.15, -0.1) is 0 Å². The fourth-order valence-corrected chi connectivity index (χ4v) is 4.02. The molecule has 162 valence electrons.